The number of hydrogen-bond acceptors (Lipinski definition) is 6. The Hall–Kier alpha value is -3.72. The summed E-state index contributed by atoms with van der Waals surface area (Å²) in [5.74, 6) is 0.944. The quantitative estimate of drug-likeness (QED) is 0.546. The Labute approximate surface area is 215 Å². The molecule has 9 heteroatoms. The summed E-state index contributed by atoms with van der Waals surface area (Å²) in [4.78, 5) is 34.4. The van der Waals surface area contributed by atoms with Gasteiger partial charge in [-0.25, -0.2) is 4.79 Å². The summed E-state index contributed by atoms with van der Waals surface area (Å²) >= 11 is 0. The van der Waals surface area contributed by atoms with E-state index in [0.717, 1.165) is 39.8 Å². The van der Waals surface area contributed by atoms with Gasteiger partial charge in [-0.1, -0.05) is 30.3 Å². The molecule has 0 bridgehead atoms. The highest BCUT2D eigenvalue weighted by Crippen LogP contribution is 2.36. The van der Waals surface area contributed by atoms with Crippen molar-refractivity contribution in [2.45, 2.75) is 24.8 Å². The summed E-state index contributed by atoms with van der Waals surface area (Å²) in [6.07, 6.45) is 3.58. The molecule has 0 aliphatic carbocycles. The van der Waals surface area contributed by atoms with E-state index in [0.29, 0.717) is 45.7 Å². The van der Waals surface area contributed by atoms with Gasteiger partial charge in [0.1, 0.15) is 11.4 Å². The van der Waals surface area contributed by atoms with Crippen LogP contribution in [0, 0.1) is 5.92 Å². The molecule has 2 saturated heterocycles. The van der Waals surface area contributed by atoms with Crippen molar-refractivity contribution in [3.63, 3.8) is 0 Å². The molecule has 0 saturated carbocycles. The number of rotatable bonds is 4. The van der Waals surface area contributed by atoms with Gasteiger partial charge in [-0.05, 0) is 35.6 Å². The molecular weight excluding hydrogens is 470 g/mol. The van der Waals surface area contributed by atoms with Crippen molar-refractivity contribution in [1.29, 1.82) is 0 Å². The highest BCUT2D eigenvalue weighted by molar-refractivity contribution is 6.15. The van der Waals surface area contributed by atoms with E-state index >= 15 is 0 Å². The van der Waals surface area contributed by atoms with Crippen LogP contribution in [0.2, 0.25) is 0 Å². The first-order valence-corrected chi connectivity index (χ1v) is 12.8. The first kappa shape index (κ1) is 23.7. The summed E-state index contributed by atoms with van der Waals surface area (Å²) in [5.41, 5.74) is 3.47. The SMILES string of the molecule is COC(=O)N1CCC(CN2C(=O)C3(CCOCC3)N=C2c2ccc(-c3ccc4c(cnn4C)c3)cc2)C1. The number of aryl methyl sites for hydroxylation is 1. The van der Waals surface area contributed by atoms with Gasteiger partial charge in [-0.15, -0.1) is 0 Å². The summed E-state index contributed by atoms with van der Waals surface area (Å²) in [6.45, 7) is 2.82. The van der Waals surface area contributed by atoms with Crippen LogP contribution in [-0.2, 0) is 21.3 Å². The summed E-state index contributed by atoms with van der Waals surface area (Å²) in [7, 11) is 3.34. The van der Waals surface area contributed by atoms with Crippen LogP contribution >= 0.6 is 0 Å². The topological polar surface area (TPSA) is 89.3 Å². The van der Waals surface area contributed by atoms with Crippen molar-refractivity contribution in [3.05, 3.63) is 54.2 Å². The van der Waals surface area contributed by atoms with Crippen LogP contribution in [0.1, 0.15) is 24.8 Å². The fourth-order valence-electron chi connectivity index (χ4n) is 5.77. The van der Waals surface area contributed by atoms with E-state index in [1.807, 2.05) is 22.8 Å². The highest BCUT2D eigenvalue weighted by atomic mass is 16.5. The monoisotopic (exact) mass is 501 g/mol. The first-order chi connectivity index (χ1) is 18.0. The minimum absolute atomic E-state index is 0.0495. The Bertz CT molecular complexity index is 1370. The average Bonchev–Trinajstić information content (AvgIpc) is 3.62. The molecule has 2 fully saturated rings. The minimum Gasteiger partial charge on any atom is -0.453 e. The number of fused-ring (bicyclic) bond motifs is 1. The molecule has 37 heavy (non-hydrogen) atoms. The van der Waals surface area contributed by atoms with Crippen molar-refractivity contribution in [3.8, 4) is 11.1 Å². The van der Waals surface area contributed by atoms with E-state index in [2.05, 4.69) is 47.6 Å². The van der Waals surface area contributed by atoms with Gasteiger partial charge < -0.3 is 14.4 Å². The third-order valence-corrected chi connectivity index (χ3v) is 7.92. The fourth-order valence-corrected chi connectivity index (χ4v) is 5.77. The van der Waals surface area contributed by atoms with Crippen LogP contribution in [0.3, 0.4) is 0 Å². The standard InChI is InChI=1S/C28H31N5O4/c1-31-24-8-7-22(15-23(24)16-29-31)20-3-5-21(6-4-20)25-30-28(10-13-37-14-11-28)26(34)33(25)18-19-9-12-32(17-19)27(35)36-2/h3-8,15-16,19H,9-14,17-18H2,1-2H3. The molecule has 0 N–H and O–H groups in total. The molecule has 3 aliphatic heterocycles. The second-order valence-electron chi connectivity index (χ2n) is 10.2. The molecule has 6 rings (SSSR count). The van der Waals surface area contributed by atoms with Crippen LogP contribution in [0.5, 0.6) is 0 Å². The molecule has 1 spiro atoms. The predicted molar refractivity (Wildman–Crippen MR) is 139 cm³/mol. The van der Waals surface area contributed by atoms with Gasteiger partial charge in [0, 0.05) is 63.7 Å². The minimum atomic E-state index is -0.752. The molecule has 192 valence electrons. The molecule has 1 unspecified atom stereocenters. The lowest BCUT2D eigenvalue weighted by Gasteiger charge is -2.30. The third-order valence-electron chi connectivity index (χ3n) is 7.92. The molecule has 9 nitrogen and oxygen atoms in total. The van der Waals surface area contributed by atoms with Crippen LogP contribution < -0.4 is 0 Å². The highest BCUT2D eigenvalue weighted by Gasteiger charge is 2.50. The van der Waals surface area contributed by atoms with E-state index in [1.54, 1.807) is 4.90 Å². The zero-order valence-electron chi connectivity index (χ0n) is 21.2. The third kappa shape index (κ3) is 4.17. The Morgan fingerprint density at radius 1 is 1.11 bits per heavy atom. The summed E-state index contributed by atoms with van der Waals surface area (Å²) < 4.78 is 12.3. The van der Waals surface area contributed by atoms with Crippen LogP contribution in [0.4, 0.5) is 4.79 Å². The molecule has 2 aromatic carbocycles. The molecule has 0 radical (unpaired) electrons. The van der Waals surface area contributed by atoms with Crippen LogP contribution in [0.25, 0.3) is 22.0 Å². The van der Waals surface area contributed by atoms with Gasteiger partial charge in [-0.2, -0.15) is 5.10 Å². The van der Waals surface area contributed by atoms with Gasteiger partial charge in [0.05, 0.1) is 18.8 Å². The van der Waals surface area contributed by atoms with Crippen molar-refractivity contribution < 1.29 is 19.1 Å². The molecule has 3 aromatic rings. The Kier molecular flexibility index (Phi) is 5.95. The van der Waals surface area contributed by atoms with Gasteiger partial charge in [0.15, 0.2) is 0 Å². The number of carbonyl (C=O) groups is 2. The molecule has 2 amide bonds. The Morgan fingerprint density at radius 2 is 1.84 bits per heavy atom. The maximum atomic E-state index is 13.8. The zero-order valence-corrected chi connectivity index (χ0v) is 21.2. The van der Waals surface area contributed by atoms with E-state index in [1.165, 1.54) is 7.11 Å². The first-order valence-electron chi connectivity index (χ1n) is 12.8. The second kappa shape index (κ2) is 9.30. The largest absolute Gasteiger partial charge is 0.453 e. The van der Waals surface area contributed by atoms with Crippen LogP contribution in [-0.4, -0.2) is 82.9 Å². The molecule has 4 heterocycles. The number of benzene rings is 2. The number of carbonyl (C=O) groups excluding carboxylic acids is 2. The Balaban J connectivity index is 1.28. The number of amides is 2. The van der Waals surface area contributed by atoms with Crippen LogP contribution in [0.15, 0.2) is 53.7 Å². The number of amidine groups is 1. The number of hydrogen-bond donors (Lipinski definition) is 0. The lowest BCUT2D eigenvalue weighted by Crippen LogP contribution is -2.47. The Morgan fingerprint density at radius 3 is 2.59 bits per heavy atom. The zero-order chi connectivity index (χ0) is 25.6. The van der Waals surface area contributed by atoms with Gasteiger partial charge in [0.25, 0.3) is 5.91 Å². The van der Waals surface area contributed by atoms with Crippen molar-refractivity contribution in [1.82, 2.24) is 19.6 Å². The summed E-state index contributed by atoms with van der Waals surface area (Å²) in [6, 6.07) is 14.6. The molecule has 1 atom stereocenters. The maximum absolute atomic E-state index is 13.8. The number of methoxy groups -OCH3 is 1. The van der Waals surface area contributed by atoms with Crippen molar-refractivity contribution in [2.24, 2.45) is 18.0 Å². The molecule has 3 aliphatic rings. The predicted octanol–water partition coefficient (Wildman–Crippen LogP) is 3.47. The normalized spacial score (nSPS) is 21.2. The van der Waals surface area contributed by atoms with E-state index < -0.39 is 5.54 Å². The second-order valence-corrected chi connectivity index (χ2v) is 10.2. The lowest BCUT2D eigenvalue weighted by molar-refractivity contribution is -0.134. The van der Waals surface area contributed by atoms with E-state index in [9.17, 15) is 9.59 Å². The van der Waals surface area contributed by atoms with E-state index in [4.69, 9.17) is 14.5 Å². The summed E-state index contributed by atoms with van der Waals surface area (Å²) in [5, 5.41) is 5.44. The lowest BCUT2D eigenvalue weighted by atomic mass is 9.90. The smallest absolute Gasteiger partial charge is 0.409 e. The van der Waals surface area contributed by atoms with E-state index in [-0.39, 0.29) is 17.9 Å². The number of aromatic nitrogens is 2. The number of nitrogens with zero attached hydrogens (tertiary/aromatic N) is 5. The van der Waals surface area contributed by atoms with Crippen molar-refractivity contribution >= 4 is 28.7 Å². The van der Waals surface area contributed by atoms with Crippen molar-refractivity contribution in [2.75, 3.05) is 40.0 Å². The van der Waals surface area contributed by atoms with Gasteiger partial charge in [0.2, 0.25) is 0 Å². The molecular formula is C28H31N5O4. The number of likely N-dealkylation sites (tertiary alicyclic amines) is 1. The maximum Gasteiger partial charge on any atom is 0.409 e. The number of ether oxygens (including phenoxy) is 2. The van der Waals surface area contributed by atoms with Gasteiger partial charge >= 0.3 is 6.09 Å². The van der Waals surface area contributed by atoms with Gasteiger partial charge in [-0.3, -0.25) is 19.4 Å². The number of aliphatic imine (C=N–C) groups is 1. The fraction of sp³-hybridized carbons (Fsp3) is 0.429. The average molecular weight is 502 g/mol. The molecule has 1 aromatic heterocycles.